The van der Waals surface area contributed by atoms with Gasteiger partial charge in [0, 0.05) is 11.5 Å². The topological polar surface area (TPSA) is 139 Å². The molecule has 0 aromatic heterocycles. The molecule has 2 aliphatic rings. The van der Waals surface area contributed by atoms with E-state index in [0.717, 1.165) is 21.6 Å². The van der Waals surface area contributed by atoms with E-state index in [2.05, 4.69) is 0 Å². The Bertz CT molecular complexity index is 1580. The maximum Gasteiger partial charge on any atom is 0.488 e. The molecule has 9 heteroatoms. The van der Waals surface area contributed by atoms with Crippen LogP contribution in [0, 0.1) is 23.7 Å². The highest BCUT2D eigenvalue weighted by Crippen LogP contribution is 2.49. The van der Waals surface area contributed by atoms with Crippen molar-refractivity contribution in [2.45, 2.75) is 39.2 Å². The predicted molar refractivity (Wildman–Crippen MR) is 170 cm³/mol. The van der Waals surface area contributed by atoms with Crippen LogP contribution in [0.25, 0.3) is 11.6 Å². The molecular weight excluding hydrogens is 557 g/mol. The summed E-state index contributed by atoms with van der Waals surface area (Å²) in [7, 11) is -1.76. The highest BCUT2D eigenvalue weighted by atomic mass is 16.4. The smallest absolute Gasteiger partial charge is 0.488 e. The summed E-state index contributed by atoms with van der Waals surface area (Å²) in [5.41, 5.74) is 4.39. The number of imide groups is 1. The number of phenolic OH excluding ortho intramolecular Hbond substituents is 1. The molecule has 0 radical (unpaired) electrons. The lowest BCUT2D eigenvalue weighted by atomic mass is 9.66. The monoisotopic (exact) mass is 595 g/mol. The molecule has 0 unspecified atom stereocenters. The van der Waals surface area contributed by atoms with Gasteiger partial charge < -0.3 is 25.4 Å². The van der Waals surface area contributed by atoms with Gasteiger partial charge in [0.2, 0.25) is 11.8 Å². The largest absolute Gasteiger partial charge is 0.507 e. The van der Waals surface area contributed by atoms with E-state index in [1.54, 1.807) is 24.3 Å². The minimum Gasteiger partial charge on any atom is -0.507 e. The summed E-state index contributed by atoms with van der Waals surface area (Å²) in [6.07, 6.45) is 1.97. The van der Waals surface area contributed by atoms with Crippen molar-refractivity contribution in [3.8, 4) is 5.75 Å². The predicted octanol–water partition coefficient (Wildman–Crippen LogP) is 3.52. The van der Waals surface area contributed by atoms with E-state index in [9.17, 15) is 35.0 Å². The number of nitrogens with zero attached hydrogens (tertiary/aromatic N) is 1. The number of phenols is 1. The summed E-state index contributed by atoms with van der Waals surface area (Å²) in [5, 5.41) is 52.1. The van der Waals surface area contributed by atoms with Gasteiger partial charge in [0.25, 0.3) is 0 Å². The van der Waals surface area contributed by atoms with Crippen molar-refractivity contribution in [1.29, 1.82) is 0 Å². The lowest BCUT2D eigenvalue weighted by Crippen LogP contribution is -2.40. The van der Waals surface area contributed by atoms with Crippen LogP contribution in [-0.2, 0) is 9.59 Å². The van der Waals surface area contributed by atoms with Crippen LogP contribution in [0.3, 0.4) is 0 Å². The lowest BCUT2D eigenvalue weighted by Gasteiger charge is -2.38. The number of anilines is 1. The fourth-order valence-corrected chi connectivity index (χ4v) is 6.72. The van der Waals surface area contributed by atoms with Gasteiger partial charge >= 0.3 is 7.12 Å². The second-order valence-corrected chi connectivity index (χ2v) is 11.9. The fraction of sp³-hybridized carbons (Fsp3) is 0.314. The lowest BCUT2D eigenvalue weighted by molar-refractivity contribution is -0.123. The van der Waals surface area contributed by atoms with Crippen molar-refractivity contribution >= 4 is 41.7 Å². The van der Waals surface area contributed by atoms with E-state index < -0.39 is 49.4 Å². The second-order valence-electron chi connectivity index (χ2n) is 11.9. The zero-order valence-corrected chi connectivity index (χ0v) is 24.9. The number of benzene rings is 3. The first-order valence-electron chi connectivity index (χ1n) is 15.0. The molecule has 1 aliphatic carbocycles. The number of hydrogen-bond donors (Lipinski definition) is 5. The van der Waals surface area contributed by atoms with Crippen LogP contribution in [0.2, 0.25) is 0 Å². The number of allylic oxidation sites excluding steroid dienone is 2. The van der Waals surface area contributed by atoms with Crippen molar-refractivity contribution < 1.29 is 35.0 Å². The third-order valence-electron chi connectivity index (χ3n) is 8.90. The van der Waals surface area contributed by atoms with E-state index in [4.69, 9.17) is 0 Å². The Morgan fingerprint density at radius 1 is 0.977 bits per heavy atom. The van der Waals surface area contributed by atoms with Crippen LogP contribution in [0.1, 0.15) is 44.2 Å². The van der Waals surface area contributed by atoms with Gasteiger partial charge in [-0.3, -0.25) is 14.5 Å². The highest BCUT2D eigenvalue weighted by molar-refractivity contribution is 6.58. The average Bonchev–Trinajstić information content (AvgIpc) is 3.28. The maximum atomic E-state index is 13.9. The number of hydrogen-bond acceptors (Lipinski definition) is 7. The molecule has 0 saturated carbocycles. The van der Waals surface area contributed by atoms with Crippen molar-refractivity contribution in [3.63, 3.8) is 0 Å². The molecule has 5 rings (SSSR count). The first-order valence-corrected chi connectivity index (χ1v) is 15.0. The van der Waals surface area contributed by atoms with Gasteiger partial charge in [-0.15, -0.1) is 0 Å². The molecule has 3 aromatic carbocycles. The quantitative estimate of drug-likeness (QED) is 0.105. The Kier molecular flexibility index (Phi) is 9.51. The zero-order valence-electron chi connectivity index (χ0n) is 24.9. The molecule has 228 valence electrons. The van der Waals surface area contributed by atoms with E-state index in [-0.39, 0.29) is 29.2 Å². The number of carbonyl (C=O) groups is 2. The molecule has 3 aromatic rings. The van der Waals surface area contributed by atoms with Gasteiger partial charge in [0.15, 0.2) is 0 Å². The molecule has 1 fully saturated rings. The Balaban J connectivity index is 1.46. The Morgan fingerprint density at radius 2 is 1.68 bits per heavy atom. The molecule has 44 heavy (non-hydrogen) atoms. The first kappa shape index (κ1) is 31.4. The fourth-order valence-electron chi connectivity index (χ4n) is 6.72. The zero-order chi connectivity index (χ0) is 31.5. The van der Waals surface area contributed by atoms with Crippen molar-refractivity contribution in [2.75, 3.05) is 11.5 Å². The van der Waals surface area contributed by atoms with Crippen molar-refractivity contribution in [3.05, 3.63) is 101 Å². The van der Waals surface area contributed by atoms with E-state index in [1.165, 1.54) is 12.1 Å². The van der Waals surface area contributed by atoms with Crippen LogP contribution in [0.5, 0.6) is 5.75 Å². The summed E-state index contributed by atoms with van der Waals surface area (Å²) in [6.45, 7) is 3.55. The summed E-state index contributed by atoms with van der Waals surface area (Å²) >= 11 is 0. The highest BCUT2D eigenvalue weighted by Gasteiger charge is 2.55. The van der Waals surface area contributed by atoms with Gasteiger partial charge in [0.05, 0.1) is 30.2 Å². The molecule has 1 aliphatic heterocycles. The summed E-state index contributed by atoms with van der Waals surface area (Å²) in [4.78, 5) is 28.6. The molecule has 0 spiro atoms. The SMILES string of the molecule is CC(C)C1=C([C@H](O)CC/C(=C/c2ccccc2O)c2ccccc2)[C@H](CO)[C@@H]2C(=O)N(c3cccc(B(O)O)c3)C(=O)[C@@H]2C1. The van der Waals surface area contributed by atoms with Crippen LogP contribution in [0.15, 0.2) is 90.0 Å². The number of aliphatic hydroxyl groups is 2. The van der Waals surface area contributed by atoms with Gasteiger partial charge in [-0.25, -0.2) is 0 Å². The molecule has 1 heterocycles. The normalized spacial score (nSPS) is 21.2. The standard InChI is InChI=1S/C35H38BNO7/c1-21(2)27-19-28-33(35(42)37(34(28)41)26-13-8-12-25(18-26)36(43)44)29(20-38)32(27)31(40)16-15-23(22-9-4-3-5-10-22)17-24-11-6-7-14-30(24)39/h3-14,17-18,21,28-29,31,33,38-40,43-44H,15-16,19-20H2,1-2H3/b23-17-/t28-,29+,31-,33-/m1/s1. The van der Waals surface area contributed by atoms with Crippen LogP contribution in [0.4, 0.5) is 5.69 Å². The third-order valence-corrected chi connectivity index (χ3v) is 8.90. The average molecular weight is 596 g/mol. The van der Waals surface area contributed by atoms with Gasteiger partial charge in [-0.05, 0) is 71.6 Å². The van der Waals surface area contributed by atoms with E-state index in [1.807, 2.05) is 62.4 Å². The van der Waals surface area contributed by atoms with Crippen molar-refractivity contribution in [1.82, 2.24) is 0 Å². The van der Waals surface area contributed by atoms with E-state index >= 15 is 0 Å². The summed E-state index contributed by atoms with van der Waals surface area (Å²) < 4.78 is 0. The van der Waals surface area contributed by atoms with E-state index in [0.29, 0.717) is 24.0 Å². The molecule has 8 nitrogen and oxygen atoms in total. The minimum atomic E-state index is -1.76. The third kappa shape index (κ3) is 6.14. The molecule has 4 atom stereocenters. The number of para-hydroxylation sites is 1. The molecule has 5 N–H and O–H groups in total. The molecule has 2 amide bonds. The number of carbonyl (C=O) groups excluding carboxylic acids is 2. The number of amides is 2. The number of fused-ring (bicyclic) bond motifs is 1. The number of aromatic hydroxyl groups is 1. The van der Waals surface area contributed by atoms with Crippen LogP contribution < -0.4 is 10.4 Å². The maximum absolute atomic E-state index is 13.9. The summed E-state index contributed by atoms with van der Waals surface area (Å²) in [6, 6.07) is 22.8. The van der Waals surface area contributed by atoms with Gasteiger partial charge in [0.1, 0.15) is 5.75 Å². The van der Waals surface area contributed by atoms with Gasteiger partial charge in [-0.1, -0.05) is 80.1 Å². The van der Waals surface area contributed by atoms with Crippen molar-refractivity contribution in [2.24, 2.45) is 23.7 Å². The molecular formula is C35H38BNO7. The Morgan fingerprint density at radius 3 is 2.34 bits per heavy atom. The second kappa shape index (κ2) is 13.3. The summed E-state index contributed by atoms with van der Waals surface area (Å²) in [5.74, 6) is -3.06. The van der Waals surface area contributed by atoms with Crippen LogP contribution in [-0.4, -0.2) is 57.0 Å². The molecule has 0 bridgehead atoms. The first-order chi connectivity index (χ1) is 21.1. The van der Waals surface area contributed by atoms with Crippen LogP contribution >= 0.6 is 0 Å². The van der Waals surface area contributed by atoms with Gasteiger partial charge in [-0.2, -0.15) is 0 Å². The molecule has 1 saturated heterocycles. The number of aliphatic hydroxyl groups excluding tert-OH is 2. The Labute approximate surface area is 257 Å². The number of rotatable bonds is 10. The Hall–Kier alpha value is -4.02. The minimum absolute atomic E-state index is 0.0372.